The maximum atomic E-state index is 11.5. The molecule has 97 valence electrons. The Morgan fingerprint density at radius 2 is 1.95 bits per heavy atom. The summed E-state index contributed by atoms with van der Waals surface area (Å²) in [6.45, 7) is 0.0956. The Balaban J connectivity index is 1.74. The minimum absolute atomic E-state index is 0.148. The lowest BCUT2D eigenvalue weighted by atomic mass is 10.2. The fourth-order valence-corrected chi connectivity index (χ4v) is 1.52. The normalized spacial score (nSPS) is 9.95. The topological polar surface area (TPSA) is 35.5 Å². The molecule has 3 nitrogen and oxygen atoms in total. The van der Waals surface area contributed by atoms with Crippen LogP contribution in [0.1, 0.15) is 5.56 Å². The van der Waals surface area contributed by atoms with E-state index in [-0.39, 0.29) is 13.2 Å². The Morgan fingerprint density at radius 3 is 2.63 bits per heavy atom. The van der Waals surface area contributed by atoms with E-state index in [9.17, 15) is 4.79 Å². The quantitative estimate of drug-likeness (QED) is 0.786. The number of hydrogen-bond donors (Lipinski definition) is 0. The molecule has 0 aliphatic rings. The highest BCUT2D eigenvalue weighted by Crippen LogP contribution is 2.14. The van der Waals surface area contributed by atoms with E-state index < -0.39 is 5.97 Å². The van der Waals surface area contributed by atoms with E-state index in [0.29, 0.717) is 10.8 Å². The van der Waals surface area contributed by atoms with Crippen molar-refractivity contribution in [1.29, 1.82) is 0 Å². The number of hydrogen-bond acceptors (Lipinski definition) is 3. The van der Waals surface area contributed by atoms with E-state index in [0.717, 1.165) is 5.56 Å². The number of carbonyl (C=O) groups excluding carboxylic acids is 1. The summed E-state index contributed by atoms with van der Waals surface area (Å²) in [4.78, 5) is 11.5. The van der Waals surface area contributed by atoms with Crippen molar-refractivity contribution in [1.82, 2.24) is 0 Å². The van der Waals surface area contributed by atoms with Gasteiger partial charge >= 0.3 is 5.97 Å². The summed E-state index contributed by atoms with van der Waals surface area (Å²) >= 11 is 5.71. The van der Waals surface area contributed by atoms with Crippen LogP contribution in [0.25, 0.3) is 0 Å². The Bertz CT molecular complexity index is 523. The zero-order valence-corrected chi connectivity index (χ0v) is 10.9. The maximum Gasteiger partial charge on any atom is 0.344 e. The summed E-state index contributed by atoms with van der Waals surface area (Å²) in [5, 5.41) is 0.569. The Labute approximate surface area is 116 Å². The Morgan fingerprint density at radius 1 is 1.16 bits per heavy atom. The summed E-state index contributed by atoms with van der Waals surface area (Å²) < 4.78 is 10.3. The molecular weight excluding hydrogens is 264 g/mol. The summed E-state index contributed by atoms with van der Waals surface area (Å²) in [5.41, 5.74) is 0.939. The second kappa shape index (κ2) is 6.81. The number of rotatable bonds is 5. The predicted molar refractivity (Wildman–Crippen MR) is 72.0 cm³/mol. The smallest absolute Gasteiger partial charge is 0.344 e. The molecule has 0 amide bonds. The largest absolute Gasteiger partial charge is 0.481 e. The monoisotopic (exact) mass is 275 g/mol. The summed E-state index contributed by atoms with van der Waals surface area (Å²) in [6, 6.07) is 17.2. The number of esters is 1. The highest BCUT2D eigenvalue weighted by molar-refractivity contribution is 6.30. The van der Waals surface area contributed by atoms with Crippen LogP contribution in [0.5, 0.6) is 5.75 Å². The molecule has 19 heavy (non-hydrogen) atoms. The fourth-order valence-electron chi connectivity index (χ4n) is 1.40. The summed E-state index contributed by atoms with van der Waals surface area (Å²) in [7, 11) is 0. The van der Waals surface area contributed by atoms with Crippen LogP contribution in [0, 0.1) is 6.07 Å². The molecule has 0 N–H and O–H groups in total. The van der Waals surface area contributed by atoms with Crippen LogP contribution in [0.3, 0.4) is 0 Å². The van der Waals surface area contributed by atoms with Crippen LogP contribution >= 0.6 is 11.6 Å². The molecular formula is C15H12ClO3. The molecule has 2 rings (SSSR count). The van der Waals surface area contributed by atoms with Gasteiger partial charge in [0.05, 0.1) is 0 Å². The van der Waals surface area contributed by atoms with Gasteiger partial charge in [-0.05, 0) is 23.8 Å². The molecule has 0 saturated heterocycles. The lowest BCUT2D eigenvalue weighted by Crippen LogP contribution is -2.14. The van der Waals surface area contributed by atoms with Gasteiger partial charge in [-0.15, -0.1) is 0 Å². The van der Waals surface area contributed by atoms with Crippen LogP contribution in [0.2, 0.25) is 5.02 Å². The molecule has 0 bridgehead atoms. The van der Waals surface area contributed by atoms with E-state index in [4.69, 9.17) is 21.1 Å². The van der Waals surface area contributed by atoms with E-state index in [2.05, 4.69) is 6.07 Å². The molecule has 1 radical (unpaired) electrons. The van der Waals surface area contributed by atoms with E-state index in [1.807, 2.05) is 30.3 Å². The number of ether oxygens (including phenoxy) is 2. The molecule has 0 spiro atoms. The Kier molecular flexibility index (Phi) is 4.81. The lowest BCUT2D eigenvalue weighted by molar-refractivity contribution is -0.147. The molecule has 0 aliphatic carbocycles. The molecule has 0 aliphatic heterocycles. The molecule has 2 aromatic carbocycles. The third-order valence-corrected chi connectivity index (χ3v) is 2.57. The van der Waals surface area contributed by atoms with Crippen molar-refractivity contribution in [3.8, 4) is 5.75 Å². The van der Waals surface area contributed by atoms with Gasteiger partial charge in [-0.2, -0.15) is 0 Å². The molecule has 4 heteroatoms. The second-order valence-corrected chi connectivity index (χ2v) is 4.24. The molecule has 0 saturated carbocycles. The molecule has 0 fully saturated rings. The molecule has 0 unspecified atom stereocenters. The van der Waals surface area contributed by atoms with Crippen molar-refractivity contribution >= 4 is 17.6 Å². The van der Waals surface area contributed by atoms with Crippen molar-refractivity contribution < 1.29 is 14.3 Å². The summed E-state index contributed by atoms with van der Waals surface area (Å²) in [6.07, 6.45) is 0. The SMILES string of the molecule is O=C(COc1[c]cc(Cl)cc1)OCc1ccccc1. The molecule has 0 heterocycles. The zero-order valence-electron chi connectivity index (χ0n) is 10.1. The van der Waals surface area contributed by atoms with Gasteiger partial charge in [0.2, 0.25) is 0 Å². The third kappa shape index (κ3) is 4.64. The van der Waals surface area contributed by atoms with E-state index >= 15 is 0 Å². The van der Waals surface area contributed by atoms with E-state index in [1.165, 1.54) is 0 Å². The van der Waals surface area contributed by atoms with Gasteiger partial charge in [-0.3, -0.25) is 0 Å². The van der Waals surface area contributed by atoms with Gasteiger partial charge in [0.15, 0.2) is 6.61 Å². The molecule has 2 aromatic rings. The Hall–Kier alpha value is -2.00. The molecule has 0 atom stereocenters. The lowest BCUT2D eigenvalue weighted by Gasteiger charge is -2.06. The zero-order chi connectivity index (χ0) is 13.5. The van der Waals surface area contributed by atoms with Crippen molar-refractivity contribution in [3.63, 3.8) is 0 Å². The molecule has 0 aromatic heterocycles. The minimum Gasteiger partial charge on any atom is -0.481 e. The van der Waals surface area contributed by atoms with Crippen molar-refractivity contribution in [2.24, 2.45) is 0 Å². The number of benzene rings is 2. The maximum absolute atomic E-state index is 11.5. The van der Waals surface area contributed by atoms with Crippen LogP contribution in [-0.2, 0) is 16.1 Å². The first-order valence-corrected chi connectivity index (χ1v) is 6.11. The van der Waals surface area contributed by atoms with Gasteiger partial charge < -0.3 is 9.47 Å². The van der Waals surface area contributed by atoms with Crippen LogP contribution in [0.15, 0.2) is 48.5 Å². The minimum atomic E-state index is -0.424. The average Bonchev–Trinajstić information content (AvgIpc) is 2.45. The van der Waals surface area contributed by atoms with Gasteiger partial charge in [-0.1, -0.05) is 41.9 Å². The third-order valence-electron chi connectivity index (χ3n) is 2.33. The van der Waals surface area contributed by atoms with Gasteiger partial charge in [0.25, 0.3) is 0 Å². The van der Waals surface area contributed by atoms with E-state index in [1.54, 1.807) is 18.2 Å². The summed E-state index contributed by atoms with van der Waals surface area (Å²) in [5.74, 6) is 0.0354. The first-order chi connectivity index (χ1) is 9.24. The van der Waals surface area contributed by atoms with Crippen LogP contribution < -0.4 is 4.74 Å². The number of carbonyl (C=O) groups is 1. The highest BCUT2D eigenvalue weighted by atomic mass is 35.5. The van der Waals surface area contributed by atoms with Crippen molar-refractivity contribution in [2.45, 2.75) is 6.61 Å². The first kappa shape index (κ1) is 13.4. The van der Waals surface area contributed by atoms with Gasteiger partial charge in [-0.25, -0.2) is 4.79 Å². The van der Waals surface area contributed by atoms with Crippen molar-refractivity contribution in [2.75, 3.05) is 6.61 Å². The van der Waals surface area contributed by atoms with Gasteiger partial charge in [0.1, 0.15) is 12.4 Å². The second-order valence-electron chi connectivity index (χ2n) is 3.81. The first-order valence-electron chi connectivity index (χ1n) is 5.73. The van der Waals surface area contributed by atoms with Crippen LogP contribution in [-0.4, -0.2) is 12.6 Å². The average molecular weight is 276 g/mol. The fraction of sp³-hybridized carbons (Fsp3) is 0.133. The standard InChI is InChI=1S/C15H12ClO3/c16-13-6-8-14(9-7-13)18-11-15(17)19-10-12-4-2-1-3-5-12/h1-8H,10-11H2. The number of halogens is 1. The highest BCUT2D eigenvalue weighted by Gasteiger charge is 2.04. The predicted octanol–water partition coefficient (Wildman–Crippen LogP) is 3.26. The van der Waals surface area contributed by atoms with Crippen molar-refractivity contribution in [3.05, 3.63) is 65.2 Å². The van der Waals surface area contributed by atoms with Crippen LogP contribution in [0.4, 0.5) is 0 Å². The van der Waals surface area contributed by atoms with Gasteiger partial charge in [0, 0.05) is 11.1 Å².